The van der Waals surface area contributed by atoms with E-state index in [2.05, 4.69) is 0 Å². The zero-order valence-electron chi connectivity index (χ0n) is 17.6. The van der Waals surface area contributed by atoms with Crippen molar-refractivity contribution in [2.75, 3.05) is 6.61 Å². The number of hydrogen-bond acceptors (Lipinski definition) is 6. The molecule has 164 valence electrons. The molecule has 0 aliphatic heterocycles. The summed E-state index contributed by atoms with van der Waals surface area (Å²) in [7, 11) is 0. The van der Waals surface area contributed by atoms with Crippen LogP contribution in [0.25, 0.3) is 0 Å². The lowest BCUT2D eigenvalue weighted by Gasteiger charge is -2.62. The third-order valence-corrected chi connectivity index (χ3v) is 8.66. The van der Waals surface area contributed by atoms with E-state index in [0.717, 1.165) is 0 Å². The number of halogens is 1. The first kappa shape index (κ1) is 21.4. The van der Waals surface area contributed by atoms with Crippen molar-refractivity contribution in [2.24, 2.45) is 22.7 Å². The Hall–Kier alpha value is -1.86. The average molecular weight is 420 g/mol. The van der Waals surface area contributed by atoms with Crippen LogP contribution in [0.3, 0.4) is 0 Å². The van der Waals surface area contributed by atoms with Crippen LogP contribution in [0.15, 0.2) is 23.8 Å². The Labute approximate surface area is 175 Å². The molecule has 0 aromatic carbocycles. The van der Waals surface area contributed by atoms with Crippen LogP contribution >= 0.6 is 0 Å². The van der Waals surface area contributed by atoms with E-state index in [1.54, 1.807) is 19.9 Å². The second-order valence-electron chi connectivity index (χ2n) is 9.87. The first-order chi connectivity index (χ1) is 13.9. The third-order valence-electron chi connectivity index (χ3n) is 8.66. The molecule has 0 amide bonds. The fourth-order valence-electron chi connectivity index (χ4n) is 6.96. The Balaban J connectivity index is 1.72. The SMILES string of the molecule is CC(=O)OCC(=O)[C@@]1(O)CC[C@@H]2[C@H]3CCC4=CC(=O)C=C[C@]4(C)[C@@]3(F)[C@@H](O)C[C@@]21C. The topological polar surface area (TPSA) is 101 Å². The maximum absolute atomic E-state index is 16.9. The van der Waals surface area contributed by atoms with Crippen molar-refractivity contribution >= 4 is 17.5 Å². The van der Waals surface area contributed by atoms with E-state index in [9.17, 15) is 24.6 Å². The second-order valence-corrected chi connectivity index (χ2v) is 9.87. The van der Waals surface area contributed by atoms with Gasteiger partial charge in [0.1, 0.15) is 5.60 Å². The van der Waals surface area contributed by atoms with Crippen LogP contribution in [0.2, 0.25) is 0 Å². The standard InChI is InChI=1S/C23H29FO6/c1-13(25)30-12-19(28)22(29)9-7-16-17-5-4-14-10-15(26)6-8-20(14,2)23(17,24)18(27)11-21(16,22)3/h6,8,10,16-18,27,29H,4-5,7,9,11-12H2,1-3H3/t16-,17-,18+,20+,21+,22+,23+/m1/s1. The number of ether oxygens (including phenoxy) is 1. The van der Waals surface area contributed by atoms with E-state index in [1.807, 2.05) is 0 Å². The summed E-state index contributed by atoms with van der Waals surface area (Å²) < 4.78 is 21.7. The minimum Gasteiger partial charge on any atom is -0.458 e. The van der Waals surface area contributed by atoms with Gasteiger partial charge >= 0.3 is 5.97 Å². The van der Waals surface area contributed by atoms with Gasteiger partial charge in [0.2, 0.25) is 5.78 Å². The van der Waals surface area contributed by atoms with Gasteiger partial charge in [-0.3, -0.25) is 14.4 Å². The van der Waals surface area contributed by atoms with Crippen molar-refractivity contribution in [1.29, 1.82) is 0 Å². The summed E-state index contributed by atoms with van der Waals surface area (Å²) in [6.45, 7) is 4.12. The number of aliphatic hydroxyl groups excluding tert-OH is 1. The number of ketones is 2. The lowest BCUT2D eigenvalue weighted by Crippen LogP contribution is -2.69. The Kier molecular flexibility index (Phi) is 4.68. The molecule has 30 heavy (non-hydrogen) atoms. The monoisotopic (exact) mass is 420 g/mol. The van der Waals surface area contributed by atoms with Gasteiger partial charge in [-0.2, -0.15) is 0 Å². The van der Waals surface area contributed by atoms with Crippen molar-refractivity contribution in [1.82, 2.24) is 0 Å². The fraction of sp³-hybridized carbons (Fsp3) is 0.696. The van der Waals surface area contributed by atoms with Gasteiger partial charge in [0.15, 0.2) is 18.1 Å². The highest BCUT2D eigenvalue weighted by Gasteiger charge is 2.74. The molecule has 4 aliphatic rings. The number of alkyl halides is 1. The summed E-state index contributed by atoms with van der Waals surface area (Å²) in [5.41, 5.74) is -5.23. The zero-order chi connectivity index (χ0) is 22.1. The number of rotatable bonds is 3. The molecular formula is C23H29FO6. The molecule has 3 fully saturated rings. The van der Waals surface area contributed by atoms with Gasteiger partial charge in [-0.1, -0.05) is 18.6 Å². The molecule has 0 heterocycles. The highest BCUT2D eigenvalue weighted by molar-refractivity contribution is 6.01. The van der Waals surface area contributed by atoms with Crippen molar-refractivity contribution in [3.8, 4) is 0 Å². The molecule has 7 atom stereocenters. The van der Waals surface area contributed by atoms with Gasteiger partial charge in [0, 0.05) is 23.7 Å². The summed E-state index contributed by atoms with van der Waals surface area (Å²) in [6, 6.07) is 0. The number of fused-ring (bicyclic) bond motifs is 5. The van der Waals surface area contributed by atoms with Crippen molar-refractivity contribution < 1.29 is 33.7 Å². The molecule has 3 saturated carbocycles. The average Bonchev–Trinajstić information content (AvgIpc) is 2.94. The lowest BCUT2D eigenvalue weighted by molar-refractivity contribution is -0.217. The third kappa shape index (κ3) is 2.51. The molecule has 0 spiro atoms. The number of aliphatic hydroxyl groups is 2. The quantitative estimate of drug-likeness (QED) is 0.679. The zero-order valence-corrected chi connectivity index (χ0v) is 17.6. The lowest BCUT2D eigenvalue weighted by atomic mass is 9.44. The summed E-state index contributed by atoms with van der Waals surface area (Å²) in [5.74, 6) is -2.28. The summed E-state index contributed by atoms with van der Waals surface area (Å²) in [5, 5.41) is 22.6. The molecule has 2 N–H and O–H groups in total. The summed E-state index contributed by atoms with van der Waals surface area (Å²) >= 11 is 0. The van der Waals surface area contributed by atoms with E-state index >= 15 is 4.39 Å². The van der Waals surface area contributed by atoms with E-state index in [-0.39, 0.29) is 24.5 Å². The Morgan fingerprint density at radius 3 is 2.63 bits per heavy atom. The summed E-state index contributed by atoms with van der Waals surface area (Å²) in [6.07, 6.45) is 4.47. The molecule has 0 aromatic rings. The molecule has 4 aliphatic carbocycles. The number of esters is 1. The van der Waals surface area contributed by atoms with Crippen LogP contribution < -0.4 is 0 Å². The van der Waals surface area contributed by atoms with Crippen molar-refractivity contribution in [3.63, 3.8) is 0 Å². The largest absolute Gasteiger partial charge is 0.458 e. The predicted octanol–water partition coefficient (Wildman–Crippen LogP) is 2.22. The normalized spacial score (nSPS) is 47.1. The van der Waals surface area contributed by atoms with Gasteiger partial charge in [-0.05, 0) is 57.1 Å². The number of Topliss-reactive ketones (excluding diaryl/α,β-unsaturated/α-hetero) is 1. The van der Waals surface area contributed by atoms with Crippen LogP contribution in [-0.2, 0) is 19.1 Å². The van der Waals surface area contributed by atoms with E-state index in [1.165, 1.54) is 19.1 Å². The molecule has 6 nitrogen and oxygen atoms in total. The Bertz CT molecular complexity index is 879. The van der Waals surface area contributed by atoms with Gasteiger partial charge in [-0.25, -0.2) is 4.39 Å². The number of carbonyl (C=O) groups excluding carboxylic acids is 3. The highest BCUT2D eigenvalue weighted by Crippen LogP contribution is 2.69. The predicted molar refractivity (Wildman–Crippen MR) is 105 cm³/mol. The van der Waals surface area contributed by atoms with Gasteiger partial charge in [-0.15, -0.1) is 0 Å². The molecule has 0 bridgehead atoms. The van der Waals surface area contributed by atoms with Crippen LogP contribution in [0.4, 0.5) is 4.39 Å². The van der Waals surface area contributed by atoms with Crippen LogP contribution in [-0.4, -0.2) is 51.7 Å². The Morgan fingerprint density at radius 1 is 1.27 bits per heavy atom. The van der Waals surface area contributed by atoms with Crippen LogP contribution in [0, 0.1) is 22.7 Å². The molecule has 4 rings (SSSR count). The molecular weight excluding hydrogens is 391 g/mol. The maximum Gasteiger partial charge on any atom is 0.303 e. The minimum atomic E-state index is -2.00. The highest BCUT2D eigenvalue weighted by atomic mass is 19.1. The molecule has 7 heteroatoms. The first-order valence-corrected chi connectivity index (χ1v) is 10.6. The Morgan fingerprint density at radius 2 is 1.97 bits per heavy atom. The van der Waals surface area contributed by atoms with E-state index in [4.69, 9.17) is 4.74 Å². The number of allylic oxidation sites excluding steroid dienone is 4. The number of carbonyl (C=O) groups is 3. The van der Waals surface area contributed by atoms with Crippen molar-refractivity contribution in [3.05, 3.63) is 23.8 Å². The smallest absolute Gasteiger partial charge is 0.303 e. The van der Waals surface area contributed by atoms with Gasteiger partial charge < -0.3 is 14.9 Å². The van der Waals surface area contributed by atoms with E-state index in [0.29, 0.717) is 24.8 Å². The number of hydrogen-bond donors (Lipinski definition) is 2. The van der Waals surface area contributed by atoms with Crippen LogP contribution in [0.1, 0.15) is 52.9 Å². The van der Waals surface area contributed by atoms with Crippen LogP contribution in [0.5, 0.6) is 0 Å². The summed E-state index contributed by atoms with van der Waals surface area (Å²) in [4.78, 5) is 35.8. The molecule has 0 aromatic heterocycles. The maximum atomic E-state index is 16.9. The second kappa shape index (κ2) is 6.57. The van der Waals surface area contributed by atoms with Gasteiger partial charge in [0.05, 0.1) is 6.10 Å². The van der Waals surface area contributed by atoms with Gasteiger partial charge in [0.25, 0.3) is 0 Å². The molecule has 0 unspecified atom stereocenters. The molecule has 0 radical (unpaired) electrons. The van der Waals surface area contributed by atoms with E-state index < -0.39 is 52.5 Å². The minimum absolute atomic E-state index is 0.0857. The first-order valence-electron chi connectivity index (χ1n) is 10.6. The molecule has 0 saturated heterocycles. The van der Waals surface area contributed by atoms with Crippen molar-refractivity contribution in [2.45, 2.75) is 70.2 Å². The fourth-order valence-corrected chi connectivity index (χ4v) is 6.96.